The minimum Gasteiger partial charge on any atom is -0.481 e. The summed E-state index contributed by atoms with van der Waals surface area (Å²) in [5.41, 5.74) is 2.78. The van der Waals surface area contributed by atoms with Crippen LogP contribution in [0.15, 0.2) is 36.8 Å². The summed E-state index contributed by atoms with van der Waals surface area (Å²) in [6.07, 6.45) is 4.40. The molecule has 0 radical (unpaired) electrons. The highest BCUT2D eigenvalue weighted by molar-refractivity contribution is 7.19. The number of amides is 1. The second-order valence-electron chi connectivity index (χ2n) is 8.87. The van der Waals surface area contributed by atoms with Gasteiger partial charge in [-0.1, -0.05) is 0 Å². The highest BCUT2D eigenvalue weighted by Gasteiger charge is 2.27. The van der Waals surface area contributed by atoms with E-state index >= 15 is 0 Å². The third-order valence-electron chi connectivity index (χ3n) is 5.92. The van der Waals surface area contributed by atoms with Crippen molar-refractivity contribution in [1.82, 2.24) is 30.4 Å². The number of fused-ring (bicyclic) bond motifs is 1. The van der Waals surface area contributed by atoms with E-state index in [2.05, 4.69) is 25.2 Å². The number of carbonyl (C=O) groups excluding carboxylic acids is 1. The van der Waals surface area contributed by atoms with Crippen LogP contribution in [0.5, 0.6) is 5.88 Å². The SMILES string of the molecule is COc1ccc(-c2nc(N3CCOCC3)c3sc(C(C)(C)Nc4ncc(C(=O)NO)cn4)cc3n2)cn1. The summed E-state index contributed by atoms with van der Waals surface area (Å²) >= 11 is 1.61. The van der Waals surface area contributed by atoms with Crippen molar-refractivity contribution in [1.29, 1.82) is 0 Å². The number of aromatic nitrogens is 5. The molecule has 0 unspecified atom stereocenters. The number of carbonyl (C=O) groups is 1. The molecule has 0 atom stereocenters. The lowest BCUT2D eigenvalue weighted by atomic mass is 10.0. The van der Waals surface area contributed by atoms with Crippen LogP contribution < -0.4 is 20.4 Å². The molecule has 12 nitrogen and oxygen atoms in total. The fourth-order valence-electron chi connectivity index (χ4n) is 3.89. The summed E-state index contributed by atoms with van der Waals surface area (Å²) in [5.74, 6) is 1.65. The van der Waals surface area contributed by atoms with Gasteiger partial charge in [-0.05, 0) is 26.0 Å². The van der Waals surface area contributed by atoms with Crippen LogP contribution in [0, 0.1) is 0 Å². The Balaban J connectivity index is 1.52. The lowest BCUT2D eigenvalue weighted by Crippen LogP contribution is -2.36. The number of methoxy groups -OCH3 is 1. The standard InChI is InChI=1S/C24H26N8O4S/c1-24(2,30-23-26-12-15(13-27-23)22(33)31-34)17-10-16-19(37-17)21(32-6-8-36-9-7-32)29-20(28-16)14-4-5-18(35-3)25-11-14/h4-5,10-13,34H,6-9H2,1-3H3,(H,31,33)(H,26,27,30). The number of hydroxylamine groups is 1. The predicted molar refractivity (Wildman–Crippen MR) is 138 cm³/mol. The molecule has 5 rings (SSSR count). The number of nitrogens with one attached hydrogen (secondary N) is 2. The van der Waals surface area contributed by atoms with Crippen LogP contribution in [0.4, 0.5) is 11.8 Å². The maximum Gasteiger partial charge on any atom is 0.277 e. The first-order chi connectivity index (χ1) is 17.9. The van der Waals surface area contributed by atoms with E-state index in [9.17, 15) is 4.79 Å². The molecule has 0 saturated carbocycles. The molecule has 192 valence electrons. The molecular formula is C24H26N8O4S. The summed E-state index contributed by atoms with van der Waals surface area (Å²) in [6, 6.07) is 5.73. The summed E-state index contributed by atoms with van der Waals surface area (Å²) in [4.78, 5) is 37.4. The number of hydrogen-bond donors (Lipinski definition) is 3. The molecule has 1 aliphatic heterocycles. The number of ether oxygens (including phenoxy) is 2. The molecule has 4 aromatic rings. The van der Waals surface area contributed by atoms with Gasteiger partial charge in [0.1, 0.15) is 0 Å². The van der Waals surface area contributed by atoms with E-state index < -0.39 is 11.4 Å². The Bertz CT molecular complexity index is 1400. The quantitative estimate of drug-likeness (QED) is 0.243. The van der Waals surface area contributed by atoms with Gasteiger partial charge < -0.3 is 19.7 Å². The fraction of sp³-hybridized carbons (Fsp3) is 0.333. The van der Waals surface area contributed by atoms with Gasteiger partial charge in [0.25, 0.3) is 5.91 Å². The molecule has 1 saturated heterocycles. The molecule has 1 amide bonds. The van der Waals surface area contributed by atoms with Crippen LogP contribution in [-0.4, -0.2) is 69.4 Å². The van der Waals surface area contributed by atoms with Crippen molar-refractivity contribution in [2.24, 2.45) is 0 Å². The van der Waals surface area contributed by atoms with Gasteiger partial charge in [-0.3, -0.25) is 10.0 Å². The van der Waals surface area contributed by atoms with E-state index in [4.69, 9.17) is 24.6 Å². The van der Waals surface area contributed by atoms with E-state index in [1.165, 1.54) is 12.4 Å². The second kappa shape index (κ2) is 10.2. The first kappa shape index (κ1) is 24.7. The average molecular weight is 523 g/mol. The van der Waals surface area contributed by atoms with Gasteiger partial charge in [-0.2, -0.15) is 0 Å². The number of rotatable bonds is 7. The Morgan fingerprint density at radius 3 is 2.54 bits per heavy atom. The van der Waals surface area contributed by atoms with Crippen LogP contribution in [-0.2, 0) is 10.3 Å². The Labute approximate surface area is 216 Å². The molecule has 1 aliphatic rings. The molecule has 13 heteroatoms. The van der Waals surface area contributed by atoms with Crippen LogP contribution in [0.1, 0.15) is 29.1 Å². The summed E-state index contributed by atoms with van der Waals surface area (Å²) in [7, 11) is 1.58. The number of hydrogen-bond acceptors (Lipinski definition) is 12. The third kappa shape index (κ3) is 5.14. The largest absolute Gasteiger partial charge is 0.481 e. The number of anilines is 2. The van der Waals surface area contributed by atoms with Gasteiger partial charge in [0.2, 0.25) is 11.8 Å². The Kier molecular flexibility index (Phi) is 6.82. The molecule has 0 aliphatic carbocycles. The van der Waals surface area contributed by atoms with E-state index in [-0.39, 0.29) is 5.56 Å². The minimum absolute atomic E-state index is 0.152. The smallest absolute Gasteiger partial charge is 0.277 e. The zero-order valence-electron chi connectivity index (χ0n) is 20.6. The van der Waals surface area contributed by atoms with E-state index in [0.29, 0.717) is 30.9 Å². The average Bonchev–Trinajstić information content (AvgIpc) is 3.38. The van der Waals surface area contributed by atoms with Crippen LogP contribution in [0.25, 0.3) is 21.6 Å². The van der Waals surface area contributed by atoms with Gasteiger partial charge in [0.15, 0.2) is 11.6 Å². The summed E-state index contributed by atoms with van der Waals surface area (Å²) in [6.45, 7) is 6.79. The van der Waals surface area contributed by atoms with Crippen molar-refractivity contribution >= 4 is 39.2 Å². The van der Waals surface area contributed by atoms with Crippen molar-refractivity contribution in [2.75, 3.05) is 43.6 Å². The highest BCUT2D eigenvalue weighted by atomic mass is 32.1. The van der Waals surface area contributed by atoms with Gasteiger partial charge >= 0.3 is 0 Å². The topological polar surface area (TPSA) is 148 Å². The molecule has 4 aromatic heterocycles. The van der Waals surface area contributed by atoms with Crippen LogP contribution in [0.3, 0.4) is 0 Å². The van der Waals surface area contributed by atoms with Gasteiger partial charge in [0, 0.05) is 48.2 Å². The molecule has 1 fully saturated rings. The first-order valence-corrected chi connectivity index (χ1v) is 12.4. The molecule has 0 bridgehead atoms. The number of nitrogens with zero attached hydrogens (tertiary/aromatic N) is 6. The maximum atomic E-state index is 11.6. The minimum atomic E-state index is -0.674. The predicted octanol–water partition coefficient (Wildman–Crippen LogP) is 2.85. The van der Waals surface area contributed by atoms with E-state index in [0.717, 1.165) is 39.6 Å². The third-order valence-corrected chi connectivity index (χ3v) is 7.37. The zero-order chi connectivity index (χ0) is 26.0. The second-order valence-corrected chi connectivity index (χ2v) is 9.92. The number of thiophene rings is 1. The van der Waals surface area contributed by atoms with Gasteiger partial charge in [-0.25, -0.2) is 30.4 Å². The summed E-state index contributed by atoms with van der Waals surface area (Å²) < 4.78 is 11.7. The zero-order valence-corrected chi connectivity index (χ0v) is 21.4. The van der Waals surface area contributed by atoms with E-state index in [1.54, 1.807) is 36.2 Å². The normalized spacial score (nSPS) is 14.0. The molecule has 37 heavy (non-hydrogen) atoms. The number of morpholine rings is 1. The Hall–Kier alpha value is -3.94. The van der Waals surface area contributed by atoms with Crippen molar-refractivity contribution < 1.29 is 19.5 Å². The van der Waals surface area contributed by atoms with Crippen molar-refractivity contribution in [3.63, 3.8) is 0 Å². The van der Waals surface area contributed by atoms with Crippen molar-refractivity contribution in [3.05, 3.63) is 47.2 Å². The molecule has 0 spiro atoms. The van der Waals surface area contributed by atoms with Crippen LogP contribution >= 0.6 is 11.3 Å². The van der Waals surface area contributed by atoms with Crippen molar-refractivity contribution in [3.8, 4) is 17.3 Å². The Morgan fingerprint density at radius 2 is 1.89 bits per heavy atom. The molecule has 3 N–H and O–H groups in total. The maximum absolute atomic E-state index is 11.6. The molecule has 5 heterocycles. The first-order valence-electron chi connectivity index (χ1n) is 11.6. The lowest BCUT2D eigenvalue weighted by molar-refractivity contribution is 0.0705. The molecular weight excluding hydrogens is 496 g/mol. The lowest BCUT2D eigenvalue weighted by Gasteiger charge is -2.28. The monoisotopic (exact) mass is 522 g/mol. The number of pyridine rings is 1. The van der Waals surface area contributed by atoms with Gasteiger partial charge in [0.05, 0.1) is 41.6 Å². The summed E-state index contributed by atoms with van der Waals surface area (Å²) in [5, 5.41) is 12.1. The highest BCUT2D eigenvalue weighted by Crippen LogP contribution is 2.39. The van der Waals surface area contributed by atoms with E-state index in [1.807, 2.05) is 26.0 Å². The van der Waals surface area contributed by atoms with Crippen molar-refractivity contribution in [2.45, 2.75) is 19.4 Å². The van der Waals surface area contributed by atoms with Gasteiger partial charge in [-0.15, -0.1) is 11.3 Å². The van der Waals surface area contributed by atoms with Crippen LogP contribution in [0.2, 0.25) is 0 Å². The fourth-order valence-corrected chi connectivity index (χ4v) is 5.06. The molecule has 0 aromatic carbocycles. The Morgan fingerprint density at radius 1 is 1.14 bits per heavy atom.